The molecule has 588 valence electrons. The molecule has 0 saturated carbocycles. The molecule has 100 heavy (non-hydrogen) atoms. The fourth-order valence-corrected chi connectivity index (χ4v) is 13.4. The molecule has 0 fully saturated rings. The highest BCUT2D eigenvalue weighted by molar-refractivity contribution is 7.47. The number of allylic oxidation sites excluding steroid dienone is 6. The number of carbonyl (C=O) groups is 4. The Morgan fingerprint density at radius 3 is 0.770 bits per heavy atom. The van der Waals surface area contributed by atoms with Crippen LogP contribution in [0.25, 0.3) is 0 Å². The lowest BCUT2D eigenvalue weighted by Crippen LogP contribution is -2.30. The predicted molar refractivity (Wildman–Crippen MR) is 409 cm³/mol. The van der Waals surface area contributed by atoms with E-state index < -0.39 is 97.5 Å². The van der Waals surface area contributed by atoms with Crippen molar-refractivity contribution in [1.29, 1.82) is 0 Å². The zero-order valence-electron chi connectivity index (χ0n) is 64.4. The molecular formula is C81H152O17P2. The number of ether oxygens (including phenoxy) is 4. The number of hydrogen-bond acceptors (Lipinski definition) is 15. The van der Waals surface area contributed by atoms with Crippen LogP contribution in [0.4, 0.5) is 0 Å². The Morgan fingerprint density at radius 2 is 0.490 bits per heavy atom. The first-order valence-corrected chi connectivity index (χ1v) is 44.2. The van der Waals surface area contributed by atoms with Crippen molar-refractivity contribution >= 4 is 39.5 Å². The van der Waals surface area contributed by atoms with E-state index >= 15 is 0 Å². The van der Waals surface area contributed by atoms with E-state index in [4.69, 9.17) is 37.0 Å². The number of esters is 4. The van der Waals surface area contributed by atoms with Crippen molar-refractivity contribution in [2.24, 2.45) is 0 Å². The minimum atomic E-state index is -4.97. The lowest BCUT2D eigenvalue weighted by Gasteiger charge is -2.21. The van der Waals surface area contributed by atoms with Crippen LogP contribution in [0.3, 0.4) is 0 Å². The Morgan fingerprint density at radius 1 is 0.280 bits per heavy atom. The number of rotatable bonds is 79. The van der Waals surface area contributed by atoms with Crippen LogP contribution in [0.5, 0.6) is 0 Å². The molecule has 0 saturated heterocycles. The highest BCUT2D eigenvalue weighted by Gasteiger charge is 2.30. The fraction of sp³-hybridized carbons (Fsp3) is 0.877. The molecule has 0 radical (unpaired) electrons. The van der Waals surface area contributed by atoms with Gasteiger partial charge in [-0.3, -0.25) is 37.3 Å². The van der Waals surface area contributed by atoms with E-state index in [1.54, 1.807) is 0 Å². The topological polar surface area (TPSA) is 237 Å². The molecule has 0 aromatic rings. The van der Waals surface area contributed by atoms with Gasteiger partial charge in [0, 0.05) is 25.7 Å². The van der Waals surface area contributed by atoms with E-state index in [2.05, 4.69) is 64.2 Å². The second-order valence-electron chi connectivity index (χ2n) is 28.1. The SMILES string of the molecule is CCCCC/C=C\C/C=C\CCCCCCCC(=O)O[C@H](COC(=O)CCCCCCCCCCCCCCCCCCC)COP(=O)(O)OC[C@H](O)COP(=O)(O)OC[C@@H](COC(=O)CCCCCCC/C=C\CCCCCCCC)OC(=O)CCCCCCCCCCCCCCC. The van der Waals surface area contributed by atoms with Crippen LogP contribution in [-0.2, 0) is 65.4 Å². The van der Waals surface area contributed by atoms with E-state index in [0.717, 1.165) is 128 Å². The van der Waals surface area contributed by atoms with Crippen LogP contribution < -0.4 is 0 Å². The van der Waals surface area contributed by atoms with E-state index in [-0.39, 0.29) is 25.7 Å². The van der Waals surface area contributed by atoms with Gasteiger partial charge in [-0.05, 0) is 83.5 Å². The molecule has 5 atom stereocenters. The van der Waals surface area contributed by atoms with Gasteiger partial charge in [-0.2, -0.15) is 0 Å². The zero-order valence-corrected chi connectivity index (χ0v) is 66.2. The van der Waals surface area contributed by atoms with Gasteiger partial charge in [-0.1, -0.05) is 327 Å². The quantitative estimate of drug-likeness (QED) is 0.0169. The van der Waals surface area contributed by atoms with Crippen LogP contribution in [0, 0.1) is 0 Å². The smallest absolute Gasteiger partial charge is 0.462 e. The average molecular weight is 1460 g/mol. The summed E-state index contributed by atoms with van der Waals surface area (Å²) in [6, 6.07) is 0. The first kappa shape index (κ1) is 97.3. The zero-order chi connectivity index (χ0) is 73.2. The maximum absolute atomic E-state index is 13.1. The van der Waals surface area contributed by atoms with Crippen molar-refractivity contribution in [1.82, 2.24) is 0 Å². The third-order valence-electron chi connectivity index (χ3n) is 18.1. The summed E-state index contributed by atoms with van der Waals surface area (Å²) in [5.74, 6) is -2.15. The summed E-state index contributed by atoms with van der Waals surface area (Å²) in [7, 11) is -9.94. The first-order chi connectivity index (χ1) is 48.7. The third-order valence-corrected chi connectivity index (χ3v) is 20.0. The molecule has 3 N–H and O–H groups in total. The summed E-state index contributed by atoms with van der Waals surface area (Å²) in [4.78, 5) is 73.0. The highest BCUT2D eigenvalue weighted by atomic mass is 31.2. The third kappa shape index (κ3) is 73.6. The number of carbonyl (C=O) groups excluding carboxylic acids is 4. The predicted octanol–water partition coefficient (Wildman–Crippen LogP) is 23.9. The second-order valence-corrected chi connectivity index (χ2v) is 31.0. The number of aliphatic hydroxyl groups is 1. The summed E-state index contributed by atoms with van der Waals surface area (Å²) >= 11 is 0. The lowest BCUT2D eigenvalue weighted by molar-refractivity contribution is -0.161. The van der Waals surface area contributed by atoms with Crippen molar-refractivity contribution in [2.45, 2.75) is 418 Å². The van der Waals surface area contributed by atoms with E-state index in [1.165, 1.54) is 193 Å². The molecule has 0 aliphatic rings. The maximum Gasteiger partial charge on any atom is 0.472 e. The average Bonchev–Trinajstić information content (AvgIpc) is 0.932. The number of unbranched alkanes of at least 4 members (excludes halogenated alkanes) is 47. The second kappa shape index (κ2) is 74.5. The Bertz CT molecular complexity index is 2040. The van der Waals surface area contributed by atoms with E-state index in [0.29, 0.717) is 25.7 Å². The summed E-state index contributed by atoms with van der Waals surface area (Å²) in [5.41, 5.74) is 0. The Kier molecular flexibility index (Phi) is 72.5. The van der Waals surface area contributed by atoms with E-state index in [1.807, 2.05) is 0 Å². The molecule has 0 aromatic carbocycles. The van der Waals surface area contributed by atoms with Gasteiger partial charge in [0.05, 0.1) is 26.4 Å². The van der Waals surface area contributed by atoms with Crippen molar-refractivity contribution in [3.8, 4) is 0 Å². The molecule has 0 aliphatic heterocycles. The highest BCUT2D eigenvalue weighted by Crippen LogP contribution is 2.45. The molecule has 0 rings (SSSR count). The van der Waals surface area contributed by atoms with Crippen LogP contribution in [0.2, 0.25) is 0 Å². The Hall–Kier alpha value is -2.72. The fourth-order valence-electron chi connectivity index (χ4n) is 11.8. The minimum Gasteiger partial charge on any atom is -0.462 e. The van der Waals surface area contributed by atoms with Crippen molar-refractivity contribution in [3.63, 3.8) is 0 Å². The van der Waals surface area contributed by atoms with Crippen LogP contribution in [0.15, 0.2) is 36.5 Å². The Balaban J connectivity index is 5.30. The van der Waals surface area contributed by atoms with Gasteiger partial charge in [-0.25, -0.2) is 9.13 Å². The first-order valence-electron chi connectivity index (χ1n) is 41.2. The number of phosphoric acid groups is 2. The molecule has 0 bridgehead atoms. The van der Waals surface area contributed by atoms with Crippen LogP contribution >= 0.6 is 15.6 Å². The molecule has 0 heterocycles. The molecule has 17 nitrogen and oxygen atoms in total. The molecule has 0 aliphatic carbocycles. The number of phosphoric ester groups is 2. The van der Waals surface area contributed by atoms with E-state index in [9.17, 15) is 43.2 Å². The van der Waals surface area contributed by atoms with Crippen molar-refractivity contribution in [3.05, 3.63) is 36.5 Å². The van der Waals surface area contributed by atoms with Gasteiger partial charge in [-0.15, -0.1) is 0 Å². The summed E-state index contributed by atoms with van der Waals surface area (Å²) in [5, 5.41) is 10.6. The molecule has 0 amide bonds. The molecular weight excluding hydrogens is 1310 g/mol. The monoisotopic (exact) mass is 1460 g/mol. The molecule has 0 spiro atoms. The normalized spacial score (nSPS) is 14.0. The van der Waals surface area contributed by atoms with Gasteiger partial charge in [0.15, 0.2) is 12.2 Å². The Labute approximate surface area is 611 Å². The van der Waals surface area contributed by atoms with Gasteiger partial charge in [0.25, 0.3) is 0 Å². The lowest BCUT2D eigenvalue weighted by atomic mass is 10.0. The van der Waals surface area contributed by atoms with Crippen molar-refractivity contribution < 1.29 is 80.2 Å². The minimum absolute atomic E-state index is 0.0865. The molecule has 19 heteroatoms. The molecule has 2 unspecified atom stereocenters. The number of aliphatic hydroxyl groups excluding tert-OH is 1. The largest absolute Gasteiger partial charge is 0.472 e. The molecule has 0 aromatic heterocycles. The number of hydrogen-bond donors (Lipinski definition) is 3. The van der Waals surface area contributed by atoms with Crippen LogP contribution in [-0.4, -0.2) is 96.7 Å². The van der Waals surface area contributed by atoms with Crippen LogP contribution in [0.1, 0.15) is 400 Å². The standard InChI is InChI=1S/C81H152O17P2/c1-5-9-13-17-21-25-29-33-36-37-40-43-46-50-54-58-62-66-79(84)92-72-77(98-81(86)68-64-60-56-52-48-44-39-35-31-27-23-19-15-11-7-3)74-96-100(89,90)94-70-75(82)69-93-99(87,88)95-73-76(97-80(85)67-63-59-55-51-47-41-32-28-24-20-16-12-8-4)71-91-78(83)65-61-57-53-49-45-42-38-34-30-26-22-18-14-10-6-2/h23,27,34-35,38-39,75-77,82H,5-22,24-26,28-33,36-37,40-74H2,1-4H3,(H,87,88)(H,89,90)/b27-23-,38-34-,39-35-/t75-,76-,77-/m1/s1. The summed E-state index contributed by atoms with van der Waals surface area (Å²) in [6.07, 6.45) is 71.1. The summed E-state index contributed by atoms with van der Waals surface area (Å²) < 4.78 is 68.7. The maximum atomic E-state index is 13.1. The van der Waals surface area contributed by atoms with Crippen molar-refractivity contribution in [2.75, 3.05) is 39.6 Å². The van der Waals surface area contributed by atoms with Gasteiger partial charge in [0.2, 0.25) is 0 Å². The van der Waals surface area contributed by atoms with Gasteiger partial charge >= 0.3 is 39.5 Å². The van der Waals surface area contributed by atoms with Gasteiger partial charge in [0.1, 0.15) is 19.3 Å². The summed E-state index contributed by atoms with van der Waals surface area (Å²) in [6.45, 7) is 4.93. The van der Waals surface area contributed by atoms with Gasteiger partial charge < -0.3 is 33.8 Å².